The van der Waals surface area contributed by atoms with Crippen LogP contribution in [-0.4, -0.2) is 24.7 Å². The van der Waals surface area contributed by atoms with Crippen LogP contribution in [0.5, 0.6) is 0 Å². The zero-order chi connectivity index (χ0) is 15.5. The van der Waals surface area contributed by atoms with Gasteiger partial charge in [0, 0.05) is 36.7 Å². The summed E-state index contributed by atoms with van der Waals surface area (Å²) in [5.41, 5.74) is 4.14. The Hall–Kier alpha value is -1.36. The monoisotopic (exact) mass is 316 g/mol. The fourth-order valence-corrected chi connectivity index (χ4v) is 3.76. The van der Waals surface area contributed by atoms with Gasteiger partial charge in [-0.2, -0.15) is 0 Å². The van der Waals surface area contributed by atoms with Crippen LogP contribution in [0.2, 0.25) is 0 Å². The van der Waals surface area contributed by atoms with E-state index in [1.54, 1.807) is 11.3 Å². The number of nitrogens with one attached hydrogen (secondary N) is 1. The lowest BCUT2D eigenvalue weighted by atomic mass is 10.1. The van der Waals surface area contributed by atoms with Gasteiger partial charge in [0.1, 0.15) is 0 Å². The van der Waals surface area contributed by atoms with E-state index in [1.165, 1.54) is 16.8 Å². The highest BCUT2D eigenvalue weighted by atomic mass is 32.1. The van der Waals surface area contributed by atoms with Gasteiger partial charge >= 0.3 is 0 Å². The van der Waals surface area contributed by atoms with E-state index in [0.717, 1.165) is 30.8 Å². The lowest BCUT2D eigenvalue weighted by Gasteiger charge is -2.18. The molecule has 3 rings (SSSR count). The van der Waals surface area contributed by atoms with Crippen molar-refractivity contribution in [2.45, 2.75) is 38.5 Å². The molecule has 0 fully saturated rings. The standard InChI is InChI=1S/C18H24N2OS/c1-13(10-17(21)18-4-3-9-22-18)19-12-14-5-6-16-15(11-14)7-8-20(16)2/h3-6,9,11,13,17,19,21H,7-8,10,12H2,1-2H3. The summed E-state index contributed by atoms with van der Waals surface area (Å²) in [7, 11) is 2.15. The highest BCUT2D eigenvalue weighted by Gasteiger charge is 2.16. The van der Waals surface area contributed by atoms with Crippen molar-refractivity contribution >= 4 is 17.0 Å². The first-order valence-corrected chi connectivity index (χ1v) is 8.79. The molecule has 2 atom stereocenters. The van der Waals surface area contributed by atoms with E-state index >= 15 is 0 Å². The zero-order valence-corrected chi connectivity index (χ0v) is 14.1. The molecule has 118 valence electrons. The number of rotatable bonds is 6. The first kappa shape index (κ1) is 15.5. The molecule has 0 saturated heterocycles. The Morgan fingerprint density at radius 3 is 3.00 bits per heavy atom. The minimum atomic E-state index is -0.365. The van der Waals surface area contributed by atoms with Crippen molar-refractivity contribution in [1.29, 1.82) is 0 Å². The van der Waals surface area contributed by atoms with Gasteiger partial charge < -0.3 is 15.3 Å². The van der Waals surface area contributed by atoms with Gasteiger partial charge in [0.25, 0.3) is 0 Å². The molecule has 0 aliphatic carbocycles. The van der Waals surface area contributed by atoms with Crippen LogP contribution in [-0.2, 0) is 13.0 Å². The number of fused-ring (bicyclic) bond motifs is 1. The van der Waals surface area contributed by atoms with E-state index < -0.39 is 0 Å². The molecule has 0 spiro atoms. The first-order chi connectivity index (χ1) is 10.6. The molecule has 2 unspecified atom stereocenters. The first-order valence-electron chi connectivity index (χ1n) is 7.91. The van der Waals surface area contributed by atoms with Crippen molar-refractivity contribution < 1.29 is 5.11 Å². The van der Waals surface area contributed by atoms with Gasteiger partial charge in [0.2, 0.25) is 0 Å². The normalized spacial score (nSPS) is 16.6. The van der Waals surface area contributed by atoms with Gasteiger partial charge in [-0.15, -0.1) is 11.3 Å². The SMILES string of the molecule is CC(CC(O)c1cccs1)NCc1ccc2c(c1)CCN2C. The van der Waals surface area contributed by atoms with E-state index in [0.29, 0.717) is 0 Å². The lowest BCUT2D eigenvalue weighted by molar-refractivity contribution is 0.157. The van der Waals surface area contributed by atoms with E-state index in [2.05, 4.69) is 42.4 Å². The lowest BCUT2D eigenvalue weighted by Crippen LogP contribution is -2.27. The molecule has 0 amide bonds. The third-order valence-corrected chi connectivity index (χ3v) is 5.35. The topological polar surface area (TPSA) is 35.5 Å². The fourth-order valence-electron chi connectivity index (χ4n) is 3.04. The Bertz CT molecular complexity index is 612. The van der Waals surface area contributed by atoms with E-state index in [-0.39, 0.29) is 12.1 Å². The second-order valence-corrected chi connectivity index (χ2v) is 7.16. The molecule has 1 aliphatic rings. The van der Waals surface area contributed by atoms with Crippen LogP contribution in [0.15, 0.2) is 35.7 Å². The maximum atomic E-state index is 10.2. The number of hydrogen-bond acceptors (Lipinski definition) is 4. The molecular formula is C18H24N2OS. The quantitative estimate of drug-likeness (QED) is 0.858. The van der Waals surface area contributed by atoms with Crippen molar-refractivity contribution in [3.8, 4) is 0 Å². The van der Waals surface area contributed by atoms with Crippen LogP contribution < -0.4 is 10.2 Å². The van der Waals surface area contributed by atoms with Gasteiger partial charge in [-0.3, -0.25) is 0 Å². The predicted octanol–water partition coefficient (Wildman–Crippen LogP) is 3.34. The summed E-state index contributed by atoms with van der Waals surface area (Å²) in [4.78, 5) is 3.36. The molecule has 4 heteroatoms. The minimum Gasteiger partial charge on any atom is -0.388 e. The van der Waals surface area contributed by atoms with Crippen molar-refractivity contribution in [3.63, 3.8) is 0 Å². The second kappa shape index (κ2) is 6.82. The highest BCUT2D eigenvalue weighted by molar-refractivity contribution is 7.10. The fraction of sp³-hybridized carbons (Fsp3) is 0.444. The van der Waals surface area contributed by atoms with Gasteiger partial charge in [0.05, 0.1) is 6.10 Å². The second-order valence-electron chi connectivity index (χ2n) is 6.18. The molecule has 0 radical (unpaired) electrons. The number of hydrogen-bond donors (Lipinski definition) is 2. The summed E-state index contributed by atoms with van der Waals surface area (Å²) in [5, 5.41) is 15.7. The van der Waals surface area contributed by atoms with Crippen molar-refractivity contribution in [2.24, 2.45) is 0 Å². The van der Waals surface area contributed by atoms with Gasteiger partial charge in [-0.25, -0.2) is 0 Å². The minimum absolute atomic E-state index is 0.285. The molecular weight excluding hydrogens is 292 g/mol. The van der Waals surface area contributed by atoms with Crippen LogP contribution in [0.3, 0.4) is 0 Å². The van der Waals surface area contributed by atoms with Crippen LogP contribution in [0.4, 0.5) is 5.69 Å². The number of aliphatic hydroxyl groups is 1. The summed E-state index contributed by atoms with van der Waals surface area (Å²) in [6, 6.07) is 11.0. The van der Waals surface area contributed by atoms with E-state index in [1.807, 2.05) is 17.5 Å². The van der Waals surface area contributed by atoms with Crippen molar-refractivity contribution in [2.75, 3.05) is 18.5 Å². The molecule has 1 aliphatic heterocycles. The number of aliphatic hydroxyl groups excluding tert-OH is 1. The summed E-state index contributed by atoms with van der Waals surface area (Å²) in [6.07, 6.45) is 1.52. The average Bonchev–Trinajstić information content (AvgIpc) is 3.15. The largest absolute Gasteiger partial charge is 0.388 e. The Morgan fingerprint density at radius 1 is 1.36 bits per heavy atom. The summed E-state index contributed by atoms with van der Waals surface area (Å²) < 4.78 is 0. The number of likely N-dealkylation sites (N-methyl/N-ethyl adjacent to an activating group) is 1. The van der Waals surface area contributed by atoms with Crippen LogP contribution >= 0.6 is 11.3 Å². The number of nitrogens with zero attached hydrogens (tertiary/aromatic N) is 1. The van der Waals surface area contributed by atoms with Crippen molar-refractivity contribution in [3.05, 3.63) is 51.7 Å². The summed E-state index contributed by atoms with van der Waals surface area (Å²) in [5.74, 6) is 0. The Kier molecular flexibility index (Phi) is 4.81. The van der Waals surface area contributed by atoms with Gasteiger partial charge in [-0.1, -0.05) is 18.2 Å². The summed E-state index contributed by atoms with van der Waals surface area (Å²) in [6.45, 7) is 4.11. The molecule has 3 nitrogen and oxygen atoms in total. The molecule has 2 heterocycles. The third-order valence-electron chi connectivity index (χ3n) is 4.37. The number of benzene rings is 1. The van der Waals surface area contributed by atoms with E-state index in [9.17, 15) is 5.11 Å². The van der Waals surface area contributed by atoms with Crippen LogP contribution in [0.25, 0.3) is 0 Å². The maximum absolute atomic E-state index is 10.2. The molecule has 0 saturated carbocycles. The van der Waals surface area contributed by atoms with Gasteiger partial charge in [-0.05, 0) is 48.4 Å². The van der Waals surface area contributed by atoms with Crippen LogP contribution in [0.1, 0.15) is 35.5 Å². The Labute approximate surface area is 136 Å². The average molecular weight is 316 g/mol. The van der Waals surface area contributed by atoms with Gasteiger partial charge in [0.15, 0.2) is 0 Å². The summed E-state index contributed by atoms with van der Waals surface area (Å²) >= 11 is 1.62. The predicted molar refractivity (Wildman–Crippen MR) is 93.6 cm³/mol. The molecule has 1 aromatic carbocycles. The van der Waals surface area contributed by atoms with Crippen LogP contribution in [0, 0.1) is 0 Å². The molecule has 1 aromatic heterocycles. The maximum Gasteiger partial charge on any atom is 0.0896 e. The van der Waals surface area contributed by atoms with Crippen molar-refractivity contribution in [1.82, 2.24) is 5.32 Å². The number of thiophene rings is 1. The molecule has 2 N–H and O–H groups in total. The molecule has 22 heavy (non-hydrogen) atoms. The molecule has 0 bridgehead atoms. The smallest absolute Gasteiger partial charge is 0.0896 e. The van der Waals surface area contributed by atoms with E-state index in [4.69, 9.17) is 0 Å². The number of anilines is 1. The molecule has 2 aromatic rings. The zero-order valence-electron chi connectivity index (χ0n) is 13.2. The third kappa shape index (κ3) is 3.51. The highest BCUT2D eigenvalue weighted by Crippen LogP contribution is 2.27. The Morgan fingerprint density at radius 2 is 2.23 bits per heavy atom. The Balaban J connectivity index is 1.52.